The van der Waals surface area contributed by atoms with Gasteiger partial charge in [-0.25, -0.2) is 19.0 Å². The molecule has 2 aliphatic heterocycles. The normalized spacial score (nSPS) is 18.9. The molecule has 0 bridgehead atoms. The molecule has 3 rings (SSSR count). The number of alkyl halides is 1. The van der Waals surface area contributed by atoms with E-state index < -0.39 is 72.5 Å². The third-order valence-corrected chi connectivity index (χ3v) is 7.35. The predicted molar refractivity (Wildman–Crippen MR) is 139 cm³/mol. The summed E-state index contributed by atoms with van der Waals surface area (Å²) in [4.78, 5) is 67.6. The minimum atomic E-state index is -1.12. The van der Waals surface area contributed by atoms with Gasteiger partial charge < -0.3 is 35.8 Å². The fraction of sp³-hybridized carbons (Fsp3) is 0.500. The van der Waals surface area contributed by atoms with Crippen molar-refractivity contribution in [1.29, 1.82) is 0 Å². The maximum Gasteiger partial charge on any atom is 0.407 e. The van der Waals surface area contributed by atoms with Crippen LogP contribution in [-0.2, 0) is 33.4 Å². The number of alkyl carbamates (subject to hydrolysis) is 1. The number of rotatable bonds is 10. The number of halogens is 1. The highest BCUT2D eigenvalue weighted by Gasteiger charge is 2.55. The summed E-state index contributed by atoms with van der Waals surface area (Å²) in [5, 5.41) is 17.6. The second kappa shape index (κ2) is 12.9. The molecule has 40 heavy (non-hydrogen) atoms. The van der Waals surface area contributed by atoms with E-state index in [1.165, 1.54) is 5.38 Å². The third-order valence-electron chi connectivity index (χ3n) is 5.34. The van der Waals surface area contributed by atoms with Crippen LogP contribution in [0.25, 0.3) is 0 Å². The summed E-state index contributed by atoms with van der Waals surface area (Å²) in [5.41, 5.74) is 4.17. The minimum Gasteiger partial charge on any atom is -0.445 e. The molecule has 1 fully saturated rings. The lowest BCUT2D eigenvalue weighted by Crippen LogP contribution is -2.71. The summed E-state index contributed by atoms with van der Waals surface area (Å²) in [6.45, 7) is 2.56. The second-order valence-corrected chi connectivity index (χ2v) is 11.3. The zero-order valence-electron chi connectivity index (χ0n) is 21.6. The number of nitrogens with zero attached hydrogens (tertiary/aromatic N) is 3. The van der Waals surface area contributed by atoms with Gasteiger partial charge in [-0.15, -0.1) is 23.1 Å². The van der Waals surface area contributed by atoms with E-state index in [1.54, 1.807) is 20.8 Å². The molecule has 0 aromatic carbocycles. The highest BCUT2D eigenvalue weighted by atomic mass is 32.2. The van der Waals surface area contributed by atoms with Gasteiger partial charge in [0.25, 0.3) is 11.8 Å². The number of amides is 3. The average Bonchev–Trinajstić information content (AvgIpc) is 3.33. The van der Waals surface area contributed by atoms with E-state index in [0.717, 1.165) is 28.0 Å². The van der Waals surface area contributed by atoms with E-state index in [4.69, 9.17) is 19.9 Å². The monoisotopic (exact) mass is 602 g/mol. The van der Waals surface area contributed by atoms with Gasteiger partial charge in [0.2, 0.25) is 6.79 Å². The molecule has 0 aliphatic carbocycles. The third kappa shape index (κ3) is 6.98. The van der Waals surface area contributed by atoms with Crippen LogP contribution in [-0.4, -0.2) is 94.4 Å². The Labute approximate surface area is 235 Å². The van der Waals surface area contributed by atoms with Gasteiger partial charge in [0.05, 0.1) is 5.41 Å². The van der Waals surface area contributed by atoms with Crippen molar-refractivity contribution in [2.75, 3.05) is 38.1 Å². The Morgan fingerprint density at radius 2 is 2.00 bits per heavy atom. The van der Waals surface area contributed by atoms with Crippen LogP contribution in [0, 0.1) is 5.41 Å². The van der Waals surface area contributed by atoms with Crippen molar-refractivity contribution in [3.05, 3.63) is 22.3 Å². The lowest BCUT2D eigenvalue weighted by Gasteiger charge is -2.49. The first-order valence-corrected chi connectivity index (χ1v) is 13.5. The lowest BCUT2D eigenvalue weighted by molar-refractivity contribution is -0.173. The number of hydrogen-bond acceptors (Lipinski definition) is 14. The van der Waals surface area contributed by atoms with Crippen LogP contribution in [0.1, 0.15) is 26.5 Å². The van der Waals surface area contributed by atoms with E-state index in [9.17, 15) is 33.6 Å². The Kier molecular flexibility index (Phi) is 9.91. The molecule has 1 aromatic heterocycles. The number of thioether (sulfide) groups is 1. The van der Waals surface area contributed by atoms with Crippen LogP contribution in [0.2, 0.25) is 0 Å². The van der Waals surface area contributed by atoms with Crippen molar-refractivity contribution in [1.82, 2.24) is 20.5 Å². The summed E-state index contributed by atoms with van der Waals surface area (Å²) in [7, 11) is 0. The van der Waals surface area contributed by atoms with E-state index in [2.05, 4.69) is 20.8 Å². The number of thiazole rings is 1. The standard InChI is InChI=1S/C22H27FN6O9S2/c1-22(2,3)19(33)38-9-37-18(32)14-10(6-36-21(34)25-5-4-23)7-39-17-13(16(31)29(14)17)27-15(30)12(28-35)11-8-40-20(24)26-11/h8,13,17,35H,4-7,9H2,1-3H3,(H2,24,26)(H,25,34)(H,27,30)/b28-12-/t13-,17-/m1/s1. The number of aromatic nitrogens is 1. The maximum atomic E-state index is 13.1. The molecule has 0 spiro atoms. The van der Waals surface area contributed by atoms with Crippen molar-refractivity contribution in [2.24, 2.45) is 10.6 Å². The van der Waals surface area contributed by atoms with E-state index >= 15 is 0 Å². The number of nitrogens with two attached hydrogens (primary N) is 1. The summed E-state index contributed by atoms with van der Waals surface area (Å²) < 4.78 is 27.4. The smallest absolute Gasteiger partial charge is 0.407 e. The topological polar surface area (TPSA) is 212 Å². The Morgan fingerprint density at radius 3 is 2.60 bits per heavy atom. The average molecular weight is 603 g/mol. The zero-order valence-corrected chi connectivity index (χ0v) is 23.2. The second-order valence-electron chi connectivity index (χ2n) is 9.26. The molecule has 3 amide bonds. The predicted octanol–water partition coefficient (Wildman–Crippen LogP) is 0.343. The molecule has 18 heteroatoms. The first-order chi connectivity index (χ1) is 18.9. The number of esters is 2. The van der Waals surface area contributed by atoms with Crippen LogP contribution in [0.5, 0.6) is 0 Å². The van der Waals surface area contributed by atoms with Crippen LogP contribution < -0.4 is 16.4 Å². The molecule has 0 radical (unpaired) electrons. The number of nitrogens with one attached hydrogen (secondary N) is 2. The Bertz CT molecular complexity index is 1250. The number of fused-ring (bicyclic) bond motifs is 1. The fourth-order valence-corrected chi connectivity index (χ4v) is 5.25. The number of oxime groups is 1. The van der Waals surface area contributed by atoms with Crippen molar-refractivity contribution in [3.8, 4) is 0 Å². The lowest BCUT2D eigenvalue weighted by atomic mass is 9.98. The van der Waals surface area contributed by atoms with E-state index in [-0.39, 0.29) is 34.4 Å². The van der Waals surface area contributed by atoms with Crippen LogP contribution in [0.15, 0.2) is 21.8 Å². The number of β-lactam (4-membered cyclic amide) rings is 1. The molecular formula is C22H27FN6O9S2. The van der Waals surface area contributed by atoms with Gasteiger partial charge in [-0.2, -0.15) is 0 Å². The van der Waals surface area contributed by atoms with Crippen molar-refractivity contribution in [3.63, 3.8) is 0 Å². The molecule has 2 aliphatic rings. The highest BCUT2D eigenvalue weighted by molar-refractivity contribution is 8.00. The first kappa shape index (κ1) is 30.6. The fourth-order valence-electron chi connectivity index (χ4n) is 3.38. The van der Waals surface area contributed by atoms with Gasteiger partial charge in [0.15, 0.2) is 10.8 Å². The van der Waals surface area contributed by atoms with Gasteiger partial charge in [0.1, 0.15) is 36.1 Å². The van der Waals surface area contributed by atoms with Gasteiger partial charge in [-0.1, -0.05) is 5.16 Å². The summed E-state index contributed by atoms with van der Waals surface area (Å²) in [5.74, 6) is -3.22. The molecule has 1 aromatic rings. The Morgan fingerprint density at radius 1 is 1.27 bits per heavy atom. The summed E-state index contributed by atoms with van der Waals surface area (Å²) in [6.07, 6.45) is -0.942. The molecule has 15 nitrogen and oxygen atoms in total. The Hall–Kier alpha value is -3.93. The summed E-state index contributed by atoms with van der Waals surface area (Å²) >= 11 is 2.16. The van der Waals surface area contributed by atoms with Crippen molar-refractivity contribution in [2.45, 2.75) is 32.2 Å². The molecule has 1 saturated heterocycles. The molecular weight excluding hydrogens is 575 g/mol. The van der Waals surface area contributed by atoms with Crippen LogP contribution in [0.3, 0.4) is 0 Å². The number of hydrogen-bond donors (Lipinski definition) is 4. The molecule has 5 N–H and O–H groups in total. The number of nitrogen functional groups attached to an aromatic ring is 1. The molecule has 0 unspecified atom stereocenters. The maximum absolute atomic E-state index is 13.1. The quantitative estimate of drug-likeness (QED) is 0.0713. The number of anilines is 1. The number of ether oxygens (including phenoxy) is 3. The van der Waals surface area contributed by atoms with Gasteiger partial charge in [-0.05, 0) is 20.8 Å². The van der Waals surface area contributed by atoms with Gasteiger partial charge >= 0.3 is 18.0 Å². The van der Waals surface area contributed by atoms with Crippen molar-refractivity contribution >= 4 is 63.8 Å². The molecule has 2 atom stereocenters. The van der Waals surface area contributed by atoms with Gasteiger partial charge in [-0.3, -0.25) is 19.3 Å². The van der Waals surface area contributed by atoms with Gasteiger partial charge in [0, 0.05) is 23.3 Å². The van der Waals surface area contributed by atoms with Crippen LogP contribution in [0.4, 0.5) is 14.3 Å². The minimum absolute atomic E-state index is 0.00173. The molecule has 3 heterocycles. The summed E-state index contributed by atoms with van der Waals surface area (Å²) in [6, 6.07) is -1.12. The SMILES string of the molecule is CC(C)(C)C(=O)OCOC(=O)C1=C(COC(=O)NCCF)CS[C@@H]2[C@H](NC(=O)/C(=N\O)c3csc(N)n3)C(=O)N12. The zero-order chi connectivity index (χ0) is 29.6. The van der Waals surface area contributed by atoms with E-state index in [0.29, 0.717) is 0 Å². The molecule has 218 valence electrons. The van der Waals surface area contributed by atoms with Crippen LogP contribution >= 0.6 is 23.1 Å². The Balaban J connectivity index is 1.76. The molecule has 0 saturated carbocycles. The number of carbonyl (C=O) groups is 5. The highest BCUT2D eigenvalue weighted by Crippen LogP contribution is 2.40. The number of carbonyl (C=O) groups excluding carboxylic acids is 5. The first-order valence-electron chi connectivity index (χ1n) is 11.6. The largest absolute Gasteiger partial charge is 0.445 e. The van der Waals surface area contributed by atoms with Crippen molar-refractivity contribution < 1.29 is 47.8 Å². The van der Waals surface area contributed by atoms with E-state index in [1.807, 2.05) is 0 Å².